The molecule has 0 fully saturated rings. The van der Waals surface area contributed by atoms with Crippen LogP contribution >= 0.6 is 0 Å². The third-order valence-electron chi connectivity index (χ3n) is 2.85. The molecule has 2 aromatic rings. The summed E-state index contributed by atoms with van der Waals surface area (Å²) in [6, 6.07) is 9.84. The van der Waals surface area contributed by atoms with Gasteiger partial charge in [-0.05, 0) is 42.3 Å². The standard InChI is InChI=1S/C15H14F2N2O/c16-11-3-1-10(2-4-11)7-8-19-15(20)13-9-12(18)5-6-14(13)17/h1-6,9H,7-8,18H2,(H,19,20). The Morgan fingerprint density at radius 3 is 2.50 bits per heavy atom. The van der Waals surface area contributed by atoms with Crippen molar-refractivity contribution >= 4 is 11.6 Å². The maximum Gasteiger partial charge on any atom is 0.254 e. The predicted octanol–water partition coefficient (Wildman–Crippen LogP) is 2.52. The fourth-order valence-corrected chi connectivity index (χ4v) is 1.78. The molecule has 3 nitrogen and oxygen atoms in total. The monoisotopic (exact) mass is 276 g/mol. The molecular formula is C15H14F2N2O. The molecule has 1 amide bonds. The van der Waals surface area contributed by atoms with E-state index in [0.29, 0.717) is 18.7 Å². The third kappa shape index (κ3) is 3.54. The lowest BCUT2D eigenvalue weighted by molar-refractivity contribution is 0.0950. The topological polar surface area (TPSA) is 55.1 Å². The van der Waals surface area contributed by atoms with E-state index in [-0.39, 0.29) is 11.4 Å². The average Bonchev–Trinajstić information content (AvgIpc) is 2.43. The van der Waals surface area contributed by atoms with Crippen LogP contribution in [-0.2, 0) is 6.42 Å². The van der Waals surface area contributed by atoms with Crippen LogP contribution in [-0.4, -0.2) is 12.5 Å². The van der Waals surface area contributed by atoms with E-state index in [2.05, 4.69) is 5.32 Å². The van der Waals surface area contributed by atoms with E-state index >= 15 is 0 Å². The van der Waals surface area contributed by atoms with E-state index < -0.39 is 11.7 Å². The molecule has 0 radical (unpaired) electrons. The summed E-state index contributed by atoms with van der Waals surface area (Å²) >= 11 is 0. The van der Waals surface area contributed by atoms with Gasteiger partial charge in [0.05, 0.1) is 5.56 Å². The molecule has 5 heteroatoms. The Morgan fingerprint density at radius 2 is 1.80 bits per heavy atom. The number of carbonyl (C=O) groups excluding carboxylic acids is 1. The molecular weight excluding hydrogens is 262 g/mol. The maximum atomic E-state index is 13.5. The molecule has 0 spiro atoms. The van der Waals surface area contributed by atoms with E-state index in [1.165, 1.54) is 24.3 Å². The molecule has 0 heterocycles. The summed E-state index contributed by atoms with van der Waals surface area (Å²) in [5, 5.41) is 2.60. The summed E-state index contributed by atoms with van der Waals surface area (Å²) in [6.45, 7) is 0.332. The Hall–Kier alpha value is -2.43. The van der Waals surface area contributed by atoms with Crippen LogP contribution < -0.4 is 11.1 Å². The molecule has 3 N–H and O–H groups in total. The molecule has 0 saturated carbocycles. The van der Waals surface area contributed by atoms with Gasteiger partial charge in [-0.25, -0.2) is 8.78 Å². The summed E-state index contributed by atoms with van der Waals surface area (Å²) in [7, 11) is 0. The van der Waals surface area contributed by atoms with Crippen LogP contribution in [0.15, 0.2) is 42.5 Å². The number of nitrogens with two attached hydrogens (primary N) is 1. The SMILES string of the molecule is Nc1ccc(F)c(C(=O)NCCc2ccc(F)cc2)c1. The van der Waals surface area contributed by atoms with Gasteiger partial charge < -0.3 is 11.1 Å². The summed E-state index contributed by atoms with van der Waals surface area (Å²) in [5.74, 6) is -1.44. The highest BCUT2D eigenvalue weighted by Crippen LogP contribution is 2.11. The first-order valence-corrected chi connectivity index (χ1v) is 6.14. The molecule has 0 aliphatic carbocycles. The van der Waals surface area contributed by atoms with Crippen molar-refractivity contribution < 1.29 is 13.6 Å². The molecule has 0 bridgehead atoms. The van der Waals surface area contributed by atoms with Gasteiger partial charge in [0.25, 0.3) is 5.91 Å². The fraction of sp³-hybridized carbons (Fsp3) is 0.133. The van der Waals surface area contributed by atoms with E-state index in [0.717, 1.165) is 11.6 Å². The van der Waals surface area contributed by atoms with Gasteiger partial charge in [-0.1, -0.05) is 12.1 Å². The zero-order valence-corrected chi connectivity index (χ0v) is 10.7. The number of hydrogen-bond donors (Lipinski definition) is 2. The van der Waals surface area contributed by atoms with Crippen molar-refractivity contribution in [3.8, 4) is 0 Å². The molecule has 2 aromatic carbocycles. The highest BCUT2D eigenvalue weighted by Gasteiger charge is 2.11. The lowest BCUT2D eigenvalue weighted by Gasteiger charge is -2.07. The Balaban J connectivity index is 1.92. The van der Waals surface area contributed by atoms with Crippen LogP contribution in [0.4, 0.5) is 14.5 Å². The van der Waals surface area contributed by atoms with E-state index in [9.17, 15) is 13.6 Å². The smallest absolute Gasteiger partial charge is 0.254 e. The number of amides is 1. The molecule has 2 rings (SSSR count). The summed E-state index contributed by atoms with van der Waals surface area (Å²) in [5.41, 5.74) is 6.65. The number of anilines is 1. The largest absolute Gasteiger partial charge is 0.399 e. The lowest BCUT2D eigenvalue weighted by Crippen LogP contribution is -2.26. The fourth-order valence-electron chi connectivity index (χ4n) is 1.78. The van der Waals surface area contributed by atoms with Crippen LogP contribution in [0, 0.1) is 11.6 Å². The maximum absolute atomic E-state index is 13.5. The Labute approximate surface area is 115 Å². The van der Waals surface area contributed by atoms with Crippen molar-refractivity contribution in [2.45, 2.75) is 6.42 Å². The minimum Gasteiger partial charge on any atom is -0.399 e. The number of nitrogen functional groups attached to an aromatic ring is 1. The van der Waals surface area contributed by atoms with Crippen LogP contribution in [0.5, 0.6) is 0 Å². The molecule has 0 aliphatic rings. The minimum atomic E-state index is -0.613. The van der Waals surface area contributed by atoms with Crippen LogP contribution in [0.2, 0.25) is 0 Å². The van der Waals surface area contributed by atoms with Crippen LogP contribution in [0.3, 0.4) is 0 Å². The third-order valence-corrected chi connectivity index (χ3v) is 2.85. The van der Waals surface area contributed by atoms with Crippen molar-refractivity contribution in [2.75, 3.05) is 12.3 Å². The van der Waals surface area contributed by atoms with Crippen molar-refractivity contribution in [2.24, 2.45) is 0 Å². The van der Waals surface area contributed by atoms with Gasteiger partial charge in [0.1, 0.15) is 11.6 Å². The molecule has 0 saturated heterocycles. The van der Waals surface area contributed by atoms with Gasteiger partial charge in [-0.3, -0.25) is 4.79 Å². The number of nitrogens with one attached hydrogen (secondary N) is 1. The van der Waals surface area contributed by atoms with Crippen molar-refractivity contribution in [3.05, 3.63) is 65.2 Å². The average molecular weight is 276 g/mol. The number of rotatable bonds is 4. The van der Waals surface area contributed by atoms with Gasteiger partial charge in [0.15, 0.2) is 0 Å². The highest BCUT2D eigenvalue weighted by molar-refractivity contribution is 5.95. The summed E-state index contributed by atoms with van der Waals surface area (Å²) in [6.07, 6.45) is 0.538. The summed E-state index contributed by atoms with van der Waals surface area (Å²) < 4.78 is 26.2. The van der Waals surface area contributed by atoms with Crippen molar-refractivity contribution in [1.82, 2.24) is 5.32 Å². The van der Waals surface area contributed by atoms with E-state index in [1.807, 2.05) is 0 Å². The Kier molecular flexibility index (Phi) is 4.30. The van der Waals surface area contributed by atoms with Gasteiger partial charge in [0, 0.05) is 12.2 Å². The van der Waals surface area contributed by atoms with Gasteiger partial charge in [0.2, 0.25) is 0 Å². The number of halogens is 2. The number of hydrogen-bond acceptors (Lipinski definition) is 2. The predicted molar refractivity (Wildman–Crippen MR) is 73.2 cm³/mol. The van der Waals surface area contributed by atoms with Gasteiger partial charge in [-0.15, -0.1) is 0 Å². The second-order valence-electron chi connectivity index (χ2n) is 4.37. The first-order chi connectivity index (χ1) is 9.56. The summed E-state index contributed by atoms with van der Waals surface area (Å²) in [4.78, 5) is 11.8. The molecule has 0 aliphatic heterocycles. The first kappa shape index (κ1) is 14.0. The van der Waals surface area contributed by atoms with Crippen molar-refractivity contribution in [1.29, 1.82) is 0 Å². The second kappa shape index (κ2) is 6.14. The van der Waals surface area contributed by atoms with Gasteiger partial charge >= 0.3 is 0 Å². The molecule has 0 unspecified atom stereocenters. The second-order valence-corrected chi connectivity index (χ2v) is 4.37. The van der Waals surface area contributed by atoms with E-state index in [1.54, 1.807) is 12.1 Å². The van der Waals surface area contributed by atoms with E-state index in [4.69, 9.17) is 5.73 Å². The van der Waals surface area contributed by atoms with Crippen molar-refractivity contribution in [3.63, 3.8) is 0 Å². The van der Waals surface area contributed by atoms with Gasteiger partial charge in [-0.2, -0.15) is 0 Å². The molecule has 104 valence electrons. The number of benzene rings is 2. The normalized spacial score (nSPS) is 10.3. The first-order valence-electron chi connectivity index (χ1n) is 6.14. The highest BCUT2D eigenvalue weighted by atomic mass is 19.1. The lowest BCUT2D eigenvalue weighted by atomic mass is 10.1. The quantitative estimate of drug-likeness (QED) is 0.843. The zero-order chi connectivity index (χ0) is 14.5. The Morgan fingerprint density at radius 1 is 1.10 bits per heavy atom. The minimum absolute atomic E-state index is 0.0795. The molecule has 0 atom stereocenters. The molecule has 0 aromatic heterocycles. The van der Waals surface area contributed by atoms with Crippen LogP contribution in [0.25, 0.3) is 0 Å². The Bertz CT molecular complexity index is 612. The number of carbonyl (C=O) groups is 1. The zero-order valence-electron chi connectivity index (χ0n) is 10.7. The molecule has 20 heavy (non-hydrogen) atoms. The van der Waals surface area contributed by atoms with Crippen LogP contribution in [0.1, 0.15) is 15.9 Å².